The summed E-state index contributed by atoms with van der Waals surface area (Å²) >= 11 is 0. The van der Waals surface area contributed by atoms with E-state index in [2.05, 4.69) is 95.2 Å². The van der Waals surface area contributed by atoms with Gasteiger partial charge in [0.15, 0.2) is 28.5 Å². The number of carboxylic acid groups (broad SMARTS) is 2. The Morgan fingerprint density at radius 1 is 0.713 bits per heavy atom. The van der Waals surface area contributed by atoms with E-state index in [-0.39, 0.29) is 110 Å². The number of nitrogens with one attached hydrogen (secondary N) is 8. The number of aromatic nitrogens is 8. The van der Waals surface area contributed by atoms with E-state index >= 15 is 0 Å². The van der Waals surface area contributed by atoms with Crippen LogP contribution < -0.4 is 37.6 Å². The van der Waals surface area contributed by atoms with Crippen molar-refractivity contribution in [3.05, 3.63) is 117 Å². The van der Waals surface area contributed by atoms with Crippen LogP contribution in [-0.4, -0.2) is 198 Å². The Balaban J connectivity index is 0.589. The molecule has 6 aromatic rings. The normalized spacial score (nSPS) is 14.8. The smallest absolute Gasteiger partial charge is 0.326 e. The average Bonchev–Trinajstić information content (AvgIpc) is 1.58. The zero-order valence-corrected chi connectivity index (χ0v) is 63.0. The highest BCUT2D eigenvalue weighted by Gasteiger charge is 2.37. The second-order valence-electron chi connectivity index (χ2n) is 28.4. The quantitative estimate of drug-likeness (QED) is 0.0160. The molecule has 0 radical (unpaired) electrons. The molecule has 9 rings (SSSR count). The molecule has 4 atom stereocenters. The number of benzene rings is 1. The molecule has 0 spiro atoms. The zero-order valence-electron chi connectivity index (χ0n) is 63.0. The van der Waals surface area contributed by atoms with Gasteiger partial charge in [0.05, 0.1) is 78.5 Å². The Labute approximate surface area is 626 Å². The first kappa shape index (κ1) is 81.8. The first-order valence-electron chi connectivity index (χ1n) is 36.7. The van der Waals surface area contributed by atoms with Crippen molar-refractivity contribution >= 4 is 109 Å². The molecule has 30 nitrogen and oxygen atoms in total. The lowest BCUT2D eigenvalue weighted by Gasteiger charge is -2.25. The van der Waals surface area contributed by atoms with Gasteiger partial charge in [-0.2, -0.15) is 9.97 Å². The number of carbonyl (C=O) groups excluding carboxylic acids is 6. The number of ketones is 3. The number of aliphatic carboxylic acids is 2. The highest BCUT2D eigenvalue weighted by Crippen LogP contribution is 2.45. The SMILES string of the molecule is C=Cc1c(C)c2cc3nc(c4c5[nH]c(cc6nc(cc1[nH]2)C(C)=C6CC)c(C)c5C(=O)C4)[C@@H](CCC(=O)NC(CCCCNC(C)(C)C(=O)COCC(=O)NCCCOCCOCCOCCCNC(C)(C)C(=O)CC[C@H](NC(=O)c1ccc(NCc2cnc4nc(N)nc(O)c4n2)cc1)C(=O)O)C(=O)O)[C@@H]3C. The number of anilines is 2. The van der Waals surface area contributed by atoms with Crippen LogP contribution in [0.1, 0.15) is 196 Å². The van der Waals surface area contributed by atoms with Crippen molar-refractivity contribution < 1.29 is 72.6 Å². The lowest BCUT2D eigenvalue weighted by atomic mass is 9.85. The summed E-state index contributed by atoms with van der Waals surface area (Å²) in [6.45, 7) is 24.1. The number of nitrogen functional groups attached to an aromatic ring is 1. The number of H-pyrrole nitrogens is 2. The van der Waals surface area contributed by atoms with Crippen molar-refractivity contribution in [1.82, 2.24) is 66.5 Å². The maximum atomic E-state index is 13.9. The monoisotopic (exact) mass is 1490 g/mol. The number of rotatable bonds is 43. The molecule has 13 N–H and O–H groups in total. The Morgan fingerprint density at radius 2 is 1.36 bits per heavy atom. The number of Topliss-reactive ketones (excluding diaryl/α,β-unsaturated/α-hetero) is 3. The largest absolute Gasteiger partial charge is 0.492 e. The number of amides is 3. The van der Waals surface area contributed by atoms with Crippen LogP contribution in [0.2, 0.25) is 0 Å². The molecule has 30 heteroatoms. The number of aromatic amines is 2. The van der Waals surface area contributed by atoms with E-state index in [1.807, 2.05) is 32.1 Å². The van der Waals surface area contributed by atoms with Gasteiger partial charge in [-0.25, -0.2) is 24.5 Å². The first-order chi connectivity index (χ1) is 51.6. The summed E-state index contributed by atoms with van der Waals surface area (Å²) in [5.41, 5.74) is 18.1. The molecule has 0 fully saturated rings. The highest BCUT2D eigenvalue weighted by atomic mass is 16.5. The molecule has 2 aliphatic heterocycles. The lowest BCUT2D eigenvalue weighted by Crippen LogP contribution is -2.49. The van der Waals surface area contributed by atoms with Gasteiger partial charge in [0.1, 0.15) is 25.3 Å². The van der Waals surface area contributed by atoms with Crippen molar-refractivity contribution in [1.29, 1.82) is 0 Å². The molecule has 0 saturated carbocycles. The van der Waals surface area contributed by atoms with E-state index in [1.54, 1.807) is 39.8 Å². The Morgan fingerprint density at radius 3 is 2.05 bits per heavy atom. The number of unbranched alkanes of at least 4 members (excludes halogenated alkanes) is 1. The topological polar surface area (TPSA) is 441 Å². The van der Waals surface area contributed by atoms with E-state index in [0.29, 0.717) is 108 Å². The minimum atomic E-state index is -1.31. The summed E-state index contributed by atoms with van der Waals surface area (Å²) < 4.78 is 22.3. The number of carbonyl (C=O) groups is 8. The Hall–Kier alpha value is -10.2. The van der Waals surface area contributed by atoms with E-state index in [0.717, 1.165) is 84.7 Å². The molecule has 1 aliphatic carbocycles. The second-order valence-corrected chi connectivity index (χ2v) is 28.4. The van der Waals surface area contributed by atoms with Crippen LogP contribution in [0.3, 0.4) is 0 Å². The number of ether oxygens (including phenoxy) is 4. The number of hydrogen-bond acceptors (Lipinski definition) is 23. The van der Waals surface area contributed by atoms with Gasteiger partial charge in [0, 0.05) is 101 Å². The van der Waals surface area contributed by atoms with Gasteiger partial charge in [0.25, 0.3) is 5.91 Å². The maximum Gasteiger partial charge on any atom is 0.326 e. The number of fused-ring (bicyclic) bond motifs is 9. The van der Waals surface area contributed by atoms with Crippen molar-refractivity contribution in [3.8, 4) is 5.88 Å². The van der Waals surface area contributed by atoms with Crippen LogP contribution in [0.4, 0.5) is 11.6 Å². The molecule has 3 aliphatic rings. The molecular weight excluding hydrogens is 1390 g/mol. The van der Waals surface area contributed by atoms with Crippen molar-refractivity contribution in [2.24, 2.45) is 0 Å². The number of hydrogen-bond donors (Lipinski definition) is 12. The molecule has 0 saturated heterocycles. The molecule has 8 bridgehead atoms. The summed E-state index contributed by atoms with van der Waals surface area (Å²) in [5.74, 6) is -5.28. The summed E-state index contributed by atoms with van der Waals surface area (Å²) in [7, 11) is 0. The van der Waals surface area contributed by atoms with Crippen LogP contribution in [0.25, 0.3) is 50.5 Å². The third-order valence-corrected chi connectivity index (χ3v) is 19.9. The molecule has 1 unspecified atom stereocenters. The molecular formula is C78H101N15O15. The van der Waals surface area contributed by atoms with Gasteiger partial charge >= 0.3 is 11.9 Å². The summed E-state index contributed by atoms with van der Waals surface area (Å²) in [4.78, 5) is 138. The van der Waals surface area contributed by atoms with Gasteiger partial charge in [-0.15, -0.1) is 0 Å². The molecule has 578 valence electrons. The average molecular weight is 1490 g/mol. The van der Waals surface area contributed by atoms with Gasteiger partial charge in [0.2, 0.25) is 23.6 Å². The summed E-state index contributed by atoms with van der Waals surface area (Å²) in [5, 5.41) is 47.7. The third kappa shape index (κ3) is 21.1. The number of allylic oxidation sites excluding steroid dienone is 2. The van der Waals surface area contributed by atoms with E-state index in [9.17, 15) is 53.7 Å². The molecule has 3 amide bonds. The Bertz CT molecular complexity index is 4550. The molecule has 5 aromatic heterocycles. The molecule has 108 heavy (non-hydrogen) atoms. The summed E-state index contributed by atoms with van der Waals surface area (Å²) in [6, 6.07) is 10.00. The number of carboxylic acids is 2. The third-order valence-electron chi connectivity index (χ3n) is 19.9. The van der Waals surface area contributed by atoms with Crippen molar-refractivity contribution in [3.63, 3.8) is 0 Å². The zero-order chi connectivity index (χ0) is 78.0. The van der Waals surface area contributed by atoms with E-state index in [1.165, 1.54) is 18.3 Å². The fourth-order valence-electron chi connectivity index (χ4n) is 13.3. The Kier molecular flexibility index (Phi) is 28.4. The number of nitrogens with zero attached hydrogens (tertiary/aromatic N) is 6. The molecule has 7 heterocycles. The minimum Gasteiger partial charge on any atom is -0.492 e. The predicted octanol–water partition coefficient (Wildman–Crippen LogP) is 8.20. The number of aromatic hydroxyl groups is 1. The van der Waals surface area contributed by atoms with Crippen LogP contribution >= 0.6 is 0 Å². The van der Waals surface area contributed by atoms with E-state index < -0.39 is 52.8 Å². The van der Waals surface area contributed by atoms with Gasteiger partial charge in [-0.1, -0.05) is 26.5 Å². The maximum absolute atomic E-state index is 13.9. The first-order valence-corrected chi connectivity index (χ1v) is 36.7. The molecule has 1 aromatic carbocycles. The fraction of sp³-hybridized carbons (Fsp3) is 0.487. The van der Waals surface area contributed by atoms with Crippen LogP contribution in [0.15, 0.2) is 55.2 Å². The lowest BCUT2D eigenvalue weighted by molar-refractivity contribution is -0.142. The highest BCUT2D eigenvalue weighted by molar-refractivity contribution is 6.13. The van der Waals surface area contributed by atoms with Gasteiger partial charge in [-0.3, -0.25) is 33.8 Å². The number of nitrogens with two attached hydrogens (primary N) is 1. The van der Waals surface area contributed by atoms with Gasteiger partial charge < -0.3 is 81.9 Å². The number of aryl methyl sites for hydroxylation is 2. The predicted molar refractivity (Wildman–Crippen MR) is 408 cm³/mol. The van der Waals surface area contributed by atoms with Crippen molar-refractivity contribution in [2.75, 3.05) is 83.5 Å². The standard InChI is InChI=1S/C78H101N15O15/c1-11-50-43(3)56-36-58-45(5)52(68(89-58)53-35-62(94)67-46(6)59(90-69(53)67)38-61-51(12-2)44(4)57(87-61)37-60(50)86-56)22-25-65(97)88-54(74(101)102)17-13-14-27-83-78(9,10)64(96)41-108-42-66(98)80-26-15-29-105-31-33-107-34-32-106-30-16-28-84-77(7,8)63(95)24-23-55(75(103)104)91-72(99)47-18-20-48(21-19-47)81-39-49-40-82-71-70(85-49)73(100)93-76(79)92-71/h11,18-21,36-38,40,45,52,54-55,81,83-84,86,90H,1,12-17,22-35,39,41-42H2,2-10H3,(H,80,98)(H,88,97)(H,91,99)(H,101,102)(H,103,104)(H3,79,82,92,93,100)/t45-,52-,54?,55-/m0/s1. The minimum absolute atomic E-state index is 0.00559. The van der Waals surface area contributed by atoms with Gasteiger partial charge in [-0.05, 0) is 178 Å². The fourth-order valence-corrected chi connectivity index (χ4v) is 13.3. The van der Waals surface area contributed by atoms with Crippen LogP contribution in [0.5, 0.6) is 5.88 Å². The van der Waals surface area contributed by atoms with Crippen LogP contribution in [0, 0.1) is 13.8 Å². The van der Waals surface area contributed by atoms with Crippen LogP contribution in [-0.2, 0) is 60.7 Å². The van der Waals surface area contributed by atoms with Crippen molar-refractivity contribution in [2.45, 2.75) is 174 Å². The van der Waals surface area contributed by atoms with E-state index in [4.69, 9.17) is 34.6 Å². The summed E-state index contributed by atoms with van der Waals surface area (Å²) in [6.07, 6.45) is 6.65. The second kappa shape index (κ2) is 37.5.